The summed E-state index contributed by atoms with van der Waals surface area (Å²) in [6.07, 6.45) is 5.77. The van der Waals surface area contributed by atoms with Crippen LogP contribution >= 0.6 is 0 Å². The zero-order chi connectivity index (χ0) is 13.4. The Morgan fingerprint density at radius 1 is 0.895 bits per heavy atom. The molecule has 0 saturated carbocycles. The van der Waals surface area contributed by atoms with E-state index in [4.69, 9.17) is 0 Å². The standard InChI is InChI=1S/C19H19/c1-4-15-11-16-10-9-14(3)19(18(16)12-15)17-8-6-5-7-13(17)2/h5-12H,4H2,1-3H3. The van der Waals surface area contributed by atoms with Crippen molar-refractivity contribution in [2.24, 2.45) is 0 Å². The summed E-state index contributed by atoms with van der Waals surface area (Å²) in [6.45, 7) is 6.62. The first-order valence-electron chi connectivity index (χ1n) is 6.95. The maximum atomic E-state index is 2.35. The van der Waals surface area contributed by atoms with Gasteiger partial charge >= 0.3 is 0 Å². The Labute approximate surface area is 115 Å². The second-order valence-corrected chi connectivity index (χ2v) is 5.29. The number of allylic oxidation sites excluding steroid dienone is 1. The minimum absolute atomic E-state index is 1.10. The molecule has 3 rings (SSSR count). The molecule has 0 saturated heterocycles. The lowest BCUT2D eigenvalue weighted by atomic mass is 9.90. The van der Waals surface area contributed by atoms with Crippen LogP contribution in [0.25, 0.3) is 17.2 Å². The van der Waals surface area contributed by atoms with E-state index in [1.165, 1.54) is 39.0 Å². The molecule has 2 aromatic rings. The second kappa shape index (κ2) is 4.70. The van der Waals surface area contributed by atoms with E-state index in [9.17, 15) is 0 Å². The molecule has 1 aliphatic rings. The summed E-state index contributed by atoms with van der Waals surface area (Å²) in [5.74, 6) is 0. The molecule has 0 unspecified atom stereocenters. The highest BCUT2D eigenvalue weighted by atomic mass is 14.2. The Kier molecular flexibility index (Phi) is 3.02. The van der Waals surface area contributed by atoms with E-state index >= 15 is 0 Å². The average Bonchev–Trinajstić information content (AvgIpc) is 2.83. The molecule has 2 aromatic carbocycles. The molecule has 95 valence electrons. The third-order valence-electron chi connectivity index (χ3n) is 3.98. The predicted molar refractivity (Wildman–Crippen MR) is 83.0 cm³/mol. The summed E-state index contributed by atoms with van der Waals surface area (Å²) in [7, 11) is 0. The Hall–Kier alpha value is -1.82. The number of fused-ring (bicyclic) bond motifs is 1. The summed E-state index contributed by atoms with van der Waals surface area (Å²) in [6, 6.07) is 13.1. The summed E-state index contributed by atoms with van der Waals surface area (Å²) in [5, 5.41) is 0. The van der Waals surface area contributed by atoms with Gasteiger partial charge in [0.15, 0.2) is 0 Å². The van der Waals surface area contributed by atoms with Crippen molar-refractivity contribution >= 4 is 6.08 Å². The van der Waals surface area contributed by atoms with Crippen molar-refractivity contribution in [3.05, 3.63) is 70.6 Å². The number of rotatable bonds is 2. The van der Waals surface area contributed by atoms with Gasteiger partial charge in [-0.15, -0.1) is 0 Å². The fourth-order valence-electron chi connectivity index (χ4n) is 2.87. The highest BCUT2D eigenvalue weighted by Crippen LogP contribution is 2.39. The monoisotopic (exact) mass is 247 g/mol. The van der Waals surface area contributed by atoms with Crippen molar-refractivity contribution < 1.29 is 0 Å². The molecular weight excluding hydrogens is 228 g/mol. The van der Waals surface area contributed by atoms with Gasteiger partial charge in [-0.05, 0) is 53.6 Å². The fraction of sp³-hybridized carbons (Fsp3) is 0.211. The van der Waals surface area contributed by atoms with E-state index in [0.717, 1.165) is 6.42 Å². The van der Waals surface area contributed by atoms with Crippen LogP contribution in [0.4, 0.5) is 0 Å². The molecule has 0 nitrogen and oxygen atoms in total. The van der Waals surface area contributed by atoms with E-state index in [1.807, 2.05) is 0 Å². The Balaban J connectivity index is 2.26. The maximum Gasteiger partial charge on any atom is 0.0164 e. The molecule has 0 spiro atoms. The molecule has 0 aliphatic heterocycles. The Bertz CT molecular complexity index is 660. The largest absolute Gasteiger partial charge is 0.0620 e. The highest BCUT2D eigenvalue weighted by molar-refractivity contribution is 5.86. The fourth-order valence-corrected chi connectivity index (χ4v) is 2.87. The van der Waals surface area contributed by atoms with E-state index in [0.29, 0.717) is 0 Å². The molecule has 19 heavy (non-hydrogen) atoms. The zero-order valence-electron chi connectivity index (χ0n) is 11.8. The van der Waals surface area contributed by atoms with Gasteiger partial charge in [0.2, 0.25) is 0 Å². The quantitative estimate of drug-likeness (QED) is 0.673. The normalized spacial score (nSPS) is 13.3. The lowest BCUT2D eigenvalue weighted by Gasteiger charge is -2.14. The molecule has 0 heteroatoms. The van der Waals surface area contributed by atoms with Crippen LogP contribution < -0.4 is 0 Å². The van der Waals surface area contributed by atoms with Crippen LogP contribution in [-0.4, -0.2) is 0 Å². The van der Waals surface area contributed by atoms with Crippen molar-refractivity contribution in [3.8, 4) is 11.1 Å². The average molecular weight is 247 g/mol. The lowest BCUT2D eigenvalue weighted by Crippen LogP contribution is -1.92. The summed E-state index contributed by atoms with van der Waals surface area (Å²) in [5.41, 5.74) is 9.64. The van der Waals surface area contributed by atoms with E-state index in [2.05, 4.69) is 69.7 Å². The molecule has 0 bridgehead atoms. The van der Waals surface area contributed by atoms with E-state index < -0.39 is 0 Å². The Morgan fingerprint density at radius 3 is 2.42 bits per heavy atom. The van der Waals surface area contributed by atoms with Crippen molar-refractivity contribution in [2.45, 2.75) is 27.2 Å². The van der Waals surface area contributed by atoms with Gasteiger partial charge in [0.05, 0.1) is 0 Å². The minimum Gasteiger partial charge on any atom is -0.0620 e. The van der Waals surface area contributed by atoms with Gasteiger partial charge in [0.25, 0.3) is 0 Å². The van der Waals surface area contributed by atoms with Gasteiger partial charge in [-0.1, -0.05) is 55.0 Å². The first-order valence-corrected chi connectivity index (χ1v) is 6.95. The van der Waals surface area contributed by atoms with Crippen molar-refractivity contribution in [1.82, 2.24) is 0 Å². The van der Waals surface area contributed by atoms with Gasteiger partial charge in [0.1, 0.15) is 0 Å². The predicted octanol–water partition coefficient (Wildman–Crippen LogP) is 5.33. The van der Waals surface area contributed by atoms with Crippen LogP contribution in [0.2, 0.25) is 0 Å². The molecule has 0 heterocycles. The zero-order valence-corrected chi connectivity index (χ0v) is 11.8. The topological polar surface area (TPSA) is 0 Å². The van der Waals surface area contributed by atoms with Gasteiger partial charge in [0, 0.05) is 6.42 Å². The third kappa shape index (κ3) is 2.02. The lowest BCUT2D eigenvalue weighted by molar-refractivity contribution is 1.14. The van der Waals surface area contributed by atoms with Crippen LogP contribution in [0.1, 0.15) is 35.6 Å². The van der Waals surface area contributed by atoms with Gasteiger partial charge in [-0.2, -0.15) is 0 Å². The van der Waals surface area contributed by atoms with Crippen LogP contribution in [0.3, 0.4) is 0 Å². The van der Waals surface area contributed by atoms with Crippen LogP contribution in [-0.2, 0) is 0 Å². The SMILES string of the molecule is CCC1=Cc2c(ccc(C)c2-c2ccccc2C)[CH]1. The molecule has 1 aliphatic carbocycles. The molecule has 1 radical (unpaired) electrons. The van der Waals surface area contributed by atoms with Crippen LogP contribution in [0.15, 0.2) is 42.0 Å². The minimum atomic E-state index is 1.10. The van der Waals surface area contributed by atoms with Crippen molar-refractivity contribution in [3.63, 3.8) is 0 Å². The summed E-state index contributed by atoms with van der Waals surface area (Å²) >= 11 is 0. The molecule has 0 aromatic heterocycles. The number of benzene rings is 2. The van der Waals surface area contributed by atoms with Crippen molar-refractivity contribution in [1.29, 1.82) is 0 Å². The van der Waals surface area contributed by atoms with Crippen LogP contribution in [0, 0.1) is 20.3 Å². The van der Waals surface area contributed by atoms with Gasteiger partial charge in [-0.25, -0.2) is 0 Å². The van der Waals surface area contributed by atoms with Crippen molar-refractivity contribution in [2.75, 3.05) is 0 Å². The van der Waals surface area contributed by atoms with Crippen LogP contribution in [0.5, 0.6) is 0 Å². The highest BCUT2D eigenvalue weighted by Gasteiger charge is 2.18. The molecular formula is C19H19. The summed E-state index contributed by atoms with van der Waals surface area (Å²) in [4.78, 5) is 0. The first-order chi connectivity index (χ1) is 9.20. The van der Waals surface area contributed by atoms with Gasteiger partial charge < -0.3 is 0 Å². The van der Waals surface area contributed by atoms with Gasteiger partial charge in [-0.3, -0.25) is 0 Å². The third-order valence-corrected chi connectivity index (χ3v) is 3.98. The van der Waals surface area contributed by atoms with E-state index in [-0.39, 0.29) is 0 Å². The Morgan fingerprint density at radius 2 is 1.68 bits per heavy atom. The maximum absolute atomic E-state index is 2.35. The number of hydrogen-bond acceptors (Lipinski definition) is 0. The number of aryl methyl sites for hydroxylation is 2. The molecule has 0 atom stereocenters. The number of hydrogen-bond donors (Lipinski definition) is 0. The smallest absolute Gasteiger partial charge is 0.0164 e. The summed E-state index contributed by atoms with van der Waals surface area (Å²) < 4.78 is 0. The molecule has 0 N–H and O–H groups in total. The molecule has 0 amide bonds. The second-order valence-electron chi connectivity index (χ2n) is 5.29. The molecule has 0 fully saturated rings. The van der Waals surface area contributed by atoms with E-state index in [1.54, 1.807) is 0 Å². The first kappa shape index (κ1) is 12.2.